The van der Waals surface area contributed by atoms with Gasteiger partial charge in [0.2, 0.25) is 0 Å². The van der Waals surface area contributed by atoms with Gasteiger partial charge in [-0.3, -0.25) is 0 Å². The number of hydrazine groups is 1. The van der Waals surface area contributed by atoms with Gasteiger partial charge in [-0.25, -0.2) is 20.1 Å². The lowest BCUT2D eigenvalue weighted by molar-refractivity contribution is -0.525. The molecule has 0 atom stereocenters. The van der Waals surface area contributed by atoms with Crippen molar-refractivity contribution >= 4 is 29.2 Å². The van der Waals surface area contributed by atoms with Crippen LogP contribution in [0.5, 0.6) is 0 Å². The van der Waals surface area contributed by atoms with Crippen LogP contribution in [0.25, 0.3) is 0 Å². The van der Waals surface area contributed by atoms with Crippen LogP contribution in [0.1, 0.15) is 5.56 Å². The van der Waals surface area contributed by atoms with Crippen molar-refractivity contribution in [3.63, 3.8) is 0 Å². The molecule has 7 nitrogen and oxygen atoms in total. The molecule has 18 heavy (non-hydrogen) atoms. The summed E-state index contributed by atoms with van der Waals surface area (Å²) in [6, 6.07) is 3.36. The minimum absolute atomic E-state index is 0.0515. The van der Waals surface area contributed by atoms with Crippen LogP contribution < -0.4 is 10.7 Å². The molecule has 98 valence electrons. The lowest BCUT2D eigenvalue weighted by atomic mass is 10.3. The fourth-order valence-electron chi connectivity index (χ4n) is 1.05. The first-order valence-electron chi connectivity index (χ1n) is 4.97. The molecule has 9 heteroatoms. The van der Waals surface area contributed by atoms with Crippen molar-refractivity contribution in [3.05, 3.63) is 39.2 Å². The summed E-state index contributed by atoms with van der Waals surface area (Å²) in [5.74, 6) is 0.372. The maximum atomic E-state index is 10.3. The van der Waals surface area contributed by atoms with E-state index in [1.165, 1.54) is 0 Å². The number of nitrogens with zero attached hydrogens (tertiary/aromatic N) is 3. The number of aromatic nitrogens is 1. The SMILES string of the molecule is O=[N+]([O-])NC(=NCc1ccc(Cl)nc1)NCCCl. The minimum Gasteiger partial charge on any atom is -0.351 e. The van der Waals surface area contributed by atoms with Crippen LogP contribution in [0.4, 0.5) is 0 Å². The number of pyridine rings is 1. The highest BCUT2D eigenvalue weighted by atomic mass is 35.5. The van der Waals surface area contributed by atoms with Crippen LogP contribution in [0.3, 0.4) is 0 Å². The summed E-state index contributed by atoms with van der Waals surface area (Å²) >= 11 is 11.1. The molecule has 1 aromatic heterocycles. The van der Waals surface area contributed by atoms with Gasteiger partial charge in [0.05, 0.1) is 6.54 Å². The number of guanidine groups is 1. The van der Waals surface area contributed by atoms with E-state index in [1.807, 2.05) is 5.43 Å². The largest absolute Gasteiger partial charge is 0.351 e. The maximum Gasteiger partial charge on any atom is 0.254 e. The monoisotopic (exact) mass is 291 g/mol. The molecule has 0 aliphatic carbocycles. The van der Waals surface area contributed by atoms with E-state index in [2.05, 4.69) is 15.3 Å². The van der Waals surface area contributed by atoms with Crippen molar-refractivity contribution < 1.29 is 5.03 Å². The van der Waals surface area contributed by atoms with E-state index in [4.69, 9.17) is 23.2 Å². The van der Waals surface area contributed by atoms with Crippen molar-refractivity contribution in [1.29, 1.82) is 0 Å². The summed E-state index contributed by atoms with van der Waals surface area (Å²) < 4.78 is 0. The number of halogens is 2. The van der Waals surface area contributed by atoms with Crippen LogP contribution in [-0.2, 0) is 6.54 Å². The quantitative estimate of drug-likeness (QED) is 0.212. The van der Waals surface area contributed by atoms with Crippen molar-refractivity contribution in [2.45, 2.75) is 6.54 Å². The van der Waals surface area contributed by atoms with E-state index in [-0.39, 0.29) is 12.5 Å². The van der Waals surface area contributed by atoms with Crippen LogP contribution in [-0.4, -0.2) is 28.4 Å². The molecule has 0 unspecified atom stereocenters. The van der Waals surface area contributed by atoms with Crippen molar-refractivity contribution in [3.8, 4) is 0 Å². The lowest BCUT2D eigenvalue weighted by Crippen LogP contribution is -2.41. The number of aliphatic imine (C=N–C) groups is 1. The standard InChI is InChI=1S/C9H11Cl2N5O2/c10-3-4-12-9(15-16(17)18)14-6-7-1-2-8(11)13-5-7/h1-2,5H,3-4,6H2,(H2,12,14,15). The molecule has 0 amide bonds. The summed E-state index contributed by atoms with van der Waals surface area (Å²) in [5, 5.41) is 12.7. The molecule has 0 bridgehead atoms. The molecule has 0 saturated carbocycles. The Morgan fingerprint density at radius 1 is 1.56 bits per heavy atom. The molecule has 0 aromatic carbocycles. The van der Waals surface area contributed by atoms with Crippen LogP contribution in [0.15, 0.2) is 23.3 Å². The van der Waals surface area contributed by atoms with Gasteiger partial charge in [-0.15, -0.1) is 11.6 Å². The molecule has 1 aromatic rings. The van der Waals surface area contributed by atoms with E-state index < -0.39 is 5.03 Å². The Balaban J connectivity index is 2.63. The second kappa shape index (κ2) is 7.67. The normalized spacial score (nSPS) is 11.1. The fourth-order valence-corrected chi connectivity index (χ4v) is 1.26. The van der Waals surface area contributed by atoms with E-state index in [0.29, 0.717) is 17.6 Å². The Morgan fingerprint density at radius 3 is 2.89 bits per heavy atom. The molecule has 0 aliphatic rings. The molecule has 0 aliphatic heterocycles. The van der Waals surface area contributed by atoms with Gasteiger partial charge in [0.25, 0.3) is 5.96 Å². The fraction of sp³-hybridized carbons (Fsp3) is 0.333. The third-order valence-corrected chi connectivity index (χ3v) is 2.21. The molecule has 2 N–H and O–H groups in total. The number of hydrogen-bond donors (Lipinski definition) is 2. The van der Waals surface area contributed by atoms with Gasteiger partial charge in [0.1, 0.15) is 5.15 Å². The minimum atomic E-state index is -0.694. The number of nitro groups is 1. The molecule has 0 saturated heterocycles. The van der Waals surface area contributed by atoms with Gasteiger partial charge < -0.3 is 5.32 Å². The summed E-state index contributed by atoms with van der Waals surface area (Å²) in [7, 11) is 0. The maximum absolute atomic E-state index is 10.3. The number of nitrogens with one attached hydrogen (secondary N) is 2. The van der Waals surface area contributed by atoms with Gasteiger partial charge >= 0.3 is 0 Å². The molecule has 0 fully saturated rings. The predicted molar refractivity (Wildman–Crippen MR) is 69.2 cm³/mol. The van der Waals surface area contributed by atoms with Crippen LogP contribution in [0.2, 0.25) is 5.15 Å². The summed E-state index contributed by atoms with van der Waals surface area (Å²) in [6.45, 7) is 0.621. The van der Waals surface area contributed by atoms with E-state index in [0.717, 1.165) is 5.56 Å². The first-order valence-corrected chi connectivity index (χ1v) is 5.89. The van der Waals surface area contributed by atoms with Crippen molar-refractivity contribution in [2.24, 2.45) is 4.99 Å². The number of hydrogen-bond acceptors (Lipinski definition) is 4. The molecular formula is C9H11Cl2N5O2. The molecular weight excluding hydrogens is 281 g/mol. The second-order valence-corrected chi connectivity index (χ2v) is 3.90. The third-order valence-electron chi connectivity index (χ3n) is 1.79. The first kappa shape index (κ1) is 14.5. The highest BCUT2D eigenvalue weighted by Gasteiger charge is 2.04. The second-order valence-electron chi connectivity index (χ2n) is 3.14. The number of rotatable bonds is 5. The highest BCUT2D eigenvalue weighted by molar-refractivity contribution is 6.29. The van der Waals surface area contributed by atoms with E-state index in [9.17, 15) is 10.1 Å². The highest BCUT2D eigenvalue weighted by Crippen LogP contribution is 2.05. The van der Waals surface area contributed by atoms with Gasteiger partial charge in [-0.2, -0.15) is 0 Å². The Kier molecular flexibility index (Phi) is 6.16. The van der Waals surface area contributed by atoms with Crippen molar-refractivity contribution in [1.82, 2.24) is 15.7 Å². The molecule has 1 rings (SSSR count). The zero-order valence-corrected chi connectivity index (χ0v) is 10.8. The average molecular weight is 292 g/mol. The van der Waals surface area contributed by atoms with Crippen molar-refractivity contribution in [2.75, 3.05) is 12.4 Å². The lowest BCUT2D eigenvalue weighted by Gasteiger charge is -2.05. The Labute approximate surface area is 113 Å². The summed E-state index contributed by atoms with van der Waals surface area (Å²) in [6.07, 6.45) is 1.55. The smallest absolute Gasteiger partial charge is 0.254 e. The van der Waals surface area contributed by atoms with Gasteiger partial charge in [-0.1, -0.05) is 23.1 Å². The molecule has 1 heterocycles. The summed E-state index contributed by atoms with van der Waals surface area (Å²) in [4.78, 5) is 18.2. The van der Waals surface area contributed by atoms with Crippen LogP contribution in [0, 0.1) is 10.1 Å². The Morgan fingerprint density at radius 2 is 2.33 bits per heavy atom. The van der Waals surface area contributed by atoms with E-state index >= 15 is 0 Å². The number of alkyl halides is 1. The zero-order valence-electron chi connectivity index (χ0n) is 9.27. The van der Waals surface area contributed by atoms with Gasteiger partial charge in [-0.05, 0) is 11.6 Å². The first-order chi connectivity index (χ1) is 8.61. The zero-order chi connectivity index (χ0) is 13.4. The summed E-state index contributed by atoms with van der Waals surface area (Å²) in [5.41, 5.74) is 2.74. The van der Waals surface area contributed by atoms with Gasteiger partial charge in [0, 0.05) is 18.6 Å². The molecule has 0 radical (unpaired) electrons. The third kappa shape index (κ3) is 5.65. The average Bonchev–Trinajstić information content (AvgIpc) is 2.34. The Hall–Kier alpha value is -1.60. The van der Waals surface area contributed by atoms with Gasteiger partial charge in [0.15, 0.2) is 5.03 Å². The molecule has 0 spiro atoms. The topological polar surface area (TPSA) is 92.5 Å². The predicted octanol–water partition coefficient (Wildman–Crippen LogP) is 1.20. The Bertz CT molecular complexity index is 423. The van der Waals surface area contributed by atoms with E-state index in [1.54, 1.807) is 18.3 Å². The van der Waals surface area contributed by atoms with Crippen LogP contribution >= 0.6 is 23.2 Å².